The highest BCUT2D eigenvalue weighted by molar-refractivity contribution is 5.75. The second-order valence-electron chi connectivity index (χ2n) is 8.59. The summed E-state index contributed by atoms with van der Waals surface area (Å²) in [6.07, 6.45) is 29.6. The van der Waals surface area contributed by atoms with Gasteiger partial charge in [0.15, 0.2) is 0 Å². The van der Waals surface area contributed by atoms with E-state index in [4.69, 9.17) is 5.73 Å². The molecule has 172 valence electrons. The van der Waals surface area contributed by atoms with E-state index in [1.54, 1.807) is 0 Å². The van der Waals surface area contributed by atoms with Gasteiger partial charge in [0.05, 0.1) is 0 Å². The van der Waals surface area contributed by atoms with Crippen molar-refractivity contribution in [2.24, 2.45) is 5.73 Å². The zero-order valence-electron chi connectivity index (χ0n) is 19.7. The summed E-state index contributed by atoms with van der Waals surface area (Å²) in [5.74, 6) is 0.241. The summed E-state index contributed by atoms with van der Waals surface area (Å²) in [5, 5.41) is 3.07. The molecule has 0 aromatic heterocycles. The van der Waals surface area contributed by atoms with Crippen LogP contribution in [0.2, 0.25) is 0 Å². The molecule has 0 aliphatic heterocycles. The van der Waals surface area contributed by atoms with Gasteiger partial charge in [0.1, 0.15) is 0 Å². The maximum absolute atomic E-state index is 11.8. The number of carbonyl (C=O) groups is 1. The fourth-order valence-corrected chi connectivity index (χ4v) is 3.65. The second-order valence-corrected chi connectivity index (χ2v) is 8.59. The van der Waals surface area contributed by atoms with Gasteiger partial charge in [-0.05, 0) is 51.5 Å². The fraction of sp³-hybridized carbons (Fsp3) is 0.885. The Morgan fingerprint density at radius 1 is 0.655 bits per heavy atom. The lowest BCUT2D eigenvalue weighted by Crippen LogP contribution is -2.23. The van der Waals surface area contributed by atoms with Crippen molar-refractivity contribution in [3.63, 3.8) is 0 Å². The first kappa shape index (κ1) is 28.2. The van der Waals surface area contributed by atoms with Crippen LogP contribution < -0.4 is 11.1 Å². The van der Waals surface area contributed by atoms with E-state index in [9.17, 15) is 4.79 Å². The molecule has 0 bridgehead atoms. The summed E-state index contributed by atoms with van der Waals surface area (Å²) >= 11 is 0. The number of hydrogen-bond donors (Lipinski definition) is 2. The van der Waals surface area contributed by atoms with Gasteiger partial charge in [-0.15, -0.1) is 0 Å². The minimum atomic E-state index is 0.241. The van der Waals surface area contributed by atoms with Gasteiger partial charge in [-0.2, -0.15) is 0 Å². The highest BCUT2D eigenvalue weighted by Gasteiger charge is 2.00. The first-order valence-corrected chi connectivity index (χ1v) is 12.9. The van der Waals surface area contributed by atoms with E-state index in [-0.39, 0.29) is 5.91 Å². The van der Waals surface area contributed by atoms with E-state index in [0.29, 0.717) is 6.42 Å². The van der Waals surface area contributed by atoms with Gasteiger partial charge in [-0.1, -0.05) is 96.1 Å². The van der Waals surface area contributed by atoms with Crippen molar-refractivity contribution >= 4 is 5.91 Å². The van der Waals surface area contributed by atoms with Crippen molar-refractivity contribution in [2.45, 2.75) is 135 Å². The third-order valence-electron chi connectivity index (χ3n) is 5.62. The number of allylic oxidation sites excluding steroid dienone is 2. The van der Waals surface area contributed by atoms with Crippen molar-refractivity contribution in [3.05, 3.63) is 12.2 Å². The third-order valence-corrected chi connectivity index (χ3v) is 5.62. The first-order chi connectivity index (χ1) is 14.3. The molecule has 0 fully saturated rings. The van der Waals surface area contributed by atoms with Crippen LogP contribution >= 0.6 is 0 Å². The monoisotopic (exact) mass is 408 g/mol. The largest absolute Gasteiger partial charge is 0.356 e. The van der Waals surface area contributed by atoms with Crippen LogP contribution in [0.25, 0.3) is 0 Å². The first-order valence-electron chi connectivity index (χ1n) is 12.9. The van der Waals surface area contributed by atoms with Crippen LogP contribution in [0, 0.1) is 0 Å². The van der Waals surface area contributed by atoms with E-state index in [2.05, 4.69) is 24.4 Å². The van der Waals surface area contributed by atoms with Gasteiger partial charge in [0.25, 0.3) is 0 Å². The summed E-state index contributed by atoms with van der Waals surface area (Å²) in [6, 6.07) is 0. The molecule has 3 nitrogen and oxygen atoms in total. The molecule has 0 aliphatic rings. The molecule has 0 saturated heterocycles. The highest BCUT2D eigenvalue weighted by atomic mass is 16.1. The third kappa shape index (κ3) is 25.1. The summed E-state index contributed by atoms with van der Waals surface area (Å²) in [5.41, 5.74) is 5.49. The van der Waals surface area contributed by atoms with Crippen LogP contribution in [0.3, 0.4) is 0 Å². The lowest BCUT2D eigenvalue weighted by atomic mass is 10.1. The molecule has 3 heteroatoms. The van der Waals surface area contributed by atoms with Crippen LogP contribution in [0.1, 0.15) is 135 Å². The molecule has 0 rings (SSSR count). The molecular formula is C26H52N2O. The fourth-order valence-electron chi connectivity index (χ4n) is 3.65. The van der Waals surface area contributed by atoms with Crippen LogP contribution in [0.15, 0.2) is 12.2 Å². The minimum absolute atomic E-state index is 0.241. The normalized spacial score (nSPS) is 11.4. The van der Waals surface area contributed by atoms with Gasteiger partial charge in [-0.25, -0.2) is 0 Å². The van der Waals surface area contributed by atoms with E-state index >= 15 is 0 Å². The number of carbonyl (C=O) groups excluding carboxylic acids is 1. The van der Waals surface area contributed by atoms with Crippen LogP contribution in [0.4, 0.5) is 0 Å². The smallest absolute Gasteiger partial charge is 0.219 e. The Bertz CT molecular complexity index is 355. The maximum atomic E-state index is 11.8. The number of amides is 1. The zero-order valence-corrected chi connectivity index (χ0v) is 19.7. The molecule has 3 N–H and O–H groups in total. The molecular weight excluding hydrogens is 356 g/mol. The number of hydrogen-bond acceptors (Lipinski definition) is 2. The van der Waals surface area contributed by atoms with Crippen LogP contribution in [-0.4, -0.2) is 19.0 Å². The zero-order chi connectivity index (χ0) is 21.3. The van der Waals surface area contributed by atoms with Crippen molar-refractivity contribution in [1.29, 1.82) is 0 Å². The Hall–Kier alpha value is -0.830. The van der Waals surface area contributed by atoms with Gasteiger partial charge in [0.2, 0.25) is 5.91 Å². The Morgan fingerprint density at radius 3 is 1.72 bits per heavy atom. The molecule has 0 aromatic carbocycles. The standard InChI is InChI=1S/C26H52N2O/c1-2-3-4-5-6-7-8-9-10-11-12-13-14-17-20-23-26(29)28-25-22-19-16-15-18-21-24-27/h9-10H,2-8,11-25,27H2,1H3,(H,28,29). The number of nitrogens with two attached hydrogens (primary N) is 1. The molecule has 0 saturated carbocycles. The van der Waals surface area contributed by atoms with Crippen molar-refractivity contribution in [1.82, 2.24) is 5.32 Å². The van der Waals surface area contributed by atoms with Crippen molar-refractivity contribution in [3.8, 4) is 0 Å². The summed E-state index contributed by atoms with van der Waals surface area (Å²) < 4.78 is 0. The predicted octanol–water partition coefficient (Wildman–Crippen LogP) is 7.44. The van der Waals surface area contributed by atoms with E-state index in [1.165, 1.54) is 103 Å². The average Bonchev–Trinajstić information content (AvgIpc) is 2.72. The van der Waals surface area contributed by atoms with E-state index < -0.39 is 0 Å². The highest BCUT2D eigenvalue weighted by Crippen LogP contribution is 2.10. The molecule has 0 aliphatic carbocycles. The van der Waals surface area contributed by atoms with E-state index in [1.807, 2.05) is 0 Å². The van der Waals surface area contributed by atoms with Crippen molar-refractivity contribution < 1.29 is 4.79 Å². The van der Waals surface area contributed by atoms with Gasteiger partial charge < -0.3 is 11.1 Å². The predicted molar refractivity (Wildman–Crippen MR) is 129 cm³/mol. The quantitative estimate of drug-likeness (QED) is 0.136. The lowest BCUT2D eigenvalue weighted by molar-refractivity contribution is -0.121. The van der Waals surface area contributed by atoms with Crippen molar-refractivity contribution in [2.75, 3.05) is 13.1 Å². The van der Waals surface area contributed by atoms with Crippen LogP contribution in [-0.2, 0) is 4.79 Å². The number of unbranched alkanes of at least 4 members (excludes halogenated alkanes) is 16. The molecule has 29 heavy (non-hydrogen) atoms. The molecule has 0 radical (unpaired) electrons. The lowest BCUT2D eigenvalue weighted by Gasteiger charge is -2.05. The molecule has 0 atom stereocenters. The van der Waals surface area contributed by atoms with Gasteiger partial charge >= 0.3 is 0 Å². The Kier molecular flexibility index (Phi) is 24.5. The Balaban J connectivity index is 3.19. The second kappa shape index (κ2) is 25.2. The Morgan fingerprint density at radius 2 is 1.14 bits per heavy atom. The summed E-state index contributed by atoms with van der Waals surface area (Å²) in [7, 11) is 0. The maximum Gasteiger partial charge on any atom is 0.219 e. The SMILES string of the molecule is CCCCCCCCC=CCCCCCCCC(=O)NCCCCCCCCN. The molecule has 0 unspecified atom stereocenters. The molecule has 0 heterocycles. The minimum Gasteiger partial charge on any atom is -0.356 e. The average molecular weight is 409 g/mol. The van der Waals surface area contributed by atoms with Gasteiger partial charge in [0, 0.05) is 13.0 Å². The van der Waals surface area contributed by atoms with Crippen LogP contribution in [0.5, 0.6) is 0 Å². The summed E-state index contributed by atoms with van der Waals surface area (Å²) in [4.78, 5) is 11.8. The molecule has 0 spiro atoms. The van der Waals surface area contributed by atoms with E-state index in [0.717, 1.165) is 32.4 Å². The molecule has 1 amide bonds. The Labute approximate surface area is 182 Å². The molecule has 0 aromatic rings. The summed E-state index contributed by atoms with van der Waals surface area (Å²) in [6.45, 7) is 3.93. The number of nitrogens with one attached hydrogen (secondary N) is 1. The topological polar surface area (TPSA) is 55.1 Å². The number of rotatable bonds is 23. The van der Waals surface area contributed by atoms with Gasteiger partial charge in [-0.3, -0.25) is 4.79 Å².